The Balaban J connectivity index is 1.55. The summed E-state index contributed by atoms with van der Waals surface area (Å²) in [6.07, 6.45) is 10.3. The standard InChI is InChI=1S/C47H67N3O8/c1-7-20-50(43(53)29-33-14-13-16-35(28-33)54-6)42-32-40(48-58-46(3,4)5)38-30-34(15-9-11-24-51)37(17-10-12-25-52)44-39-31-36(55-27-23-49-21-22-49)18-19-41(39)57-47(42,45(38)44)56-26-8-2/h8,13-14,16,18-19,28,30-31,34,37,42,44-45,51-52H,2,7,9-12,15,17,20-27,29,32H2,1,3-6H3/t34-,37+,42-,44+,45+,47+/m0/s1. The Morgan fingerprint density at radius 2 is 1.84 bits per heavy atom. The summed E-state index contributed by atoms with van der Waals surface area (Å²) < 4.78 is 26.4. The second kappa shape index (κ2) is 19.9. The van der Waals surface area contributed by atoms with Crippen LogP contribution in [0.5, 0.6) is 17.2 Å². The van der Waals surface area contributed by atoms with Crippen molar-refractivity contribution >= 4 is 11.6 Å². The maximum absolute atomic E-state index is 14.8. The number of allylic oxidation sites excluding steroid dienone is 1. The highest BCUT2D eigenvalue weighted by Gasteiger charge is 2.65. The molecule has 1 amide bonds. The minimum Gasteiger partial charge on any atom is -0.497 e. The molecule has 2 aromatic carbocycles. The minimum absolute atomic E-state index is 0.0384. The van der Waals surface area contributed by atoms with Crippen molar-refractivity contribution in [1.82, 2.24) is 9.80 Å². The second-order valence-electron chi connectivity index (χ2n) is 17.3. The Morgan fingerprint density at radius 1 is 1.07 bits per heavy atom. The molecule has 2 heterocycles. The van der Waals surface area contributed by atoms with E-state index < -0.39 is 17.4 Å². The van der Waals surface area contributed by atoms with Crippen molar-refractivity contribution in [2.24, 2.45) is 22.9 Å². The second-order valence-corrected chi connectivity index (χ2v) is 17.3. The van der Waals surface area contributed by atoms with Gasteiger partial charge in [0, 0.05) is 57.3 Å². The van der Waals surface area contributed by atoms with Crippen LogP contribution in [-0.4, -0.2) is 109 Å². The SMILES string of the molecule is C=CCO[C@@]12Oc3ccc(OCCN4CC4)cc3[C@H]3[C@H](CCCCO)[C@@H](CCCCO)C=C(C(=NOC(C)(C)C)C[C@@H]1N(CCC)C(=O)Cc1cccc(OC)c1)[C@H]32. The molecular formula is C47H67N3O8. The van der Waals surface area contributed by atoms with Crippen LogP contribution in [0.2, 0.25) is 0 Å². The van der Waals surface area contributed by atoms with E-state index in [0.29, 0.717) is 31.7 Å². The molecule has 2 fully saturated rings. The Kier molecular flexibility index (Phi) is 15.0. The predicted octanol–water partition coefficient (Wildman–Crippen LogP) is 7.30. The molecule has 0 radical (unpaired) electrons. The van der Waals surface area contributed by atoms with Crippen LogP contribution in [0.25, 0.3) is 0 Å². The van der Waals surface area contributed by atoms with Gasteiger partial charge < -0.3 is 38.9 Å². The van der Waals surface area contributed by atoms with E-state index in [4.69, 9.17) is 28.9 Å². The molecule has 2 aliphatic carbocycles. The molecule has 2 aromatic rings. The molecular weight excluding hydrogens is 735 g/mol. The summed E-state index contributed by atoms with van der Waals surface area (Å²) >= 11 is 0. The fraction of sp³-hybridized carbons (Fsp3) is 0.617. The topological polar surface area (TPSA) is 122 Å². The van der Waals surface area contributed by atoms with Crippen LogP contribution in [0.3, 0.4) is 0 Å². The first kappa shape index (κ1) is 43.7. The van der Waals surface area contributed by atoms with Gasteiger partial charge in [0.25, 0.3) is 0 Å². The van der Waals surface area contributed by atoms with Gasteiger partial charge in [0.05, 0.1) is 31.8 Å². The number of hydrogen-bond donors (Lipinski definition) is 2. The summed E-state index contributed by atoms with van der Waals surface area (Å²) in [6, 6.07) is 13.3. The van der Waals surface area contributed by atoms with E-state index >= 15 is 0 Å². The molecule has 0 spiro atoms. The van der Waals surface area contributed by atoms with Gasteiger partial charge in [-0.3, -0.25) is 9.69 Å². The monoisotopic (exact) mass is 801 g/mol. The minimum atomic E-state index is -1.30. The molecule has 11 heteroatoms. The molecule has 318 valence electrons. The number of unbranched alkanes of at least 4 members (excludes halogenated alkanes) is 2. The molecule has 1 saturated carbocycles. The maximum atomic E-state index is 14.8. The van der Waals surface area contributed by atoms with Gasteiger partial charge >= 0.3 is 0 Å². The molecule has 58 heavy (non-hydrogen) atoms. The van der Waals surface area contributed by atoms with Gasteiger partial charge in [0.1, 0.15) is 35.5 Å². The molecule has 1 saturated heterocycles. The number of carbonyl (C=O) groups excluding carboxylic acids is 1. The molecule has 2 aliphatic heterocycles. The Hall–Kier alpha value is -3.90. The number of methoxy groups -OCH3 is 1. The highest BCUT2D eigenvalue weighted by atomic mass is 16.7. The van der Waals surface area contributed by atoms with E-state index in [9.17, 15) is 15.0 Å². The van der Waals surface area contributed by atoms with Gasteiger partial charge in [0.2, 0.25) is 11.7 Å². The van der Waals surface area contributed by atoms with E-state index in [0.717, 1.165) is 92.1 Å². The summed E-state index contributed by atoms with van der Waals surface area (Å²) in [5.74, 6) is 0.682. The number of benzene rings is 2. The van der Waals surface area contributed by atoms with E-state index in [1.807, 2.05) is 62.1 Å². The third kappa shape index (κ3) is 10.3. The van der Waals surface area contributed by atoms with Crippen molar-refractivity contribution in [2.75, 3.05) is 59.7 Å². The fourth-order valence-electron chi connectivity index (χ4n) is 9.27. The van der Waals surface area contributed by atoms with E-state index in [1.54, 1.807) is 13.2 Å². The van der Waals surface area contributed by atoms with Gasteiger partial charge in [-0.15, -0.1) is 6.58 Å². The molecule has 0 aromatic heterocycles. The third-order valence-electron chi connectivity index (χ3n) is 11.9. The number of aliphatic hydroxyl groups excluding tert-OH is 2. The van der Waals surface area contributed by atoms with Crippen LogP contribution in [0.4, 0.5) is 0 Å². The van der Waals surface area contributed by atoms with Gasteiger partial charge in [-0.25, -0.2) is 0 Å². The maximum Gasteiger partial charge on any atom is 0.239 e. The summed E-state index contributed by atoms with van der Waals surface area (Å²) in [6.45, 7) is 16.8. The van der Waals surface area contributed by atoms with E-state index in [-0.39, 0.29) is 55.8 Å². The number of fused-ring (bicyclic) bond motifs is 2. The van der Waals surface area contributed by atoms with Crippen molar-refractivity contribution in [3.05, 3.63) is 77.9 Å². The molecule has 0 unspecified atom stereocenters. The highest BCUT2D eigenvalue weighted by Crippen LogP contribution is 2.62. The zero-order chi connectivity index (χ0) is 41.3. The number of aliphatic hydroxyl groups is 2. The summed E-state index contributed by atoms with van der Waals surface area (Å²) in [7, 11) is 1.63. The van der Waals surface area contributed by atoms with Crippen LogP contribution in [0.15, 0.2) is 71.9 Å². The van der Waals surface area contributed by atoms with Crippen molar-refractivity contribution in [2.45, 2.75) is 109 Å². The smallest absolute Gasteiger partial charge is 0.239 e. The van der Waals surface area contributed by atoms with Gasteiger partial charge in [-0.2, -0.15) is 0 Å². The van der Waals surface area contributed by atoms with Crippen LogP contribution in [-0.2, 0) is 20.8 Å². The normalized spacial score (nSPS) is 25.5. The fourth-order valence-corrected chi connectivity index (χ4v) is 9.27. The lowest BCUT2D eigenvalue weighted by Crippen LogP contribution is -2.70. The van der Waals surface area contributed by atoms with Gasteiger partial charge in [-0.1, -0.05) is 49.2 Å². The molecule has 6 atom stereocenters. The van der Waals surface area contributed by atoms with Gasteiger partial charge in [-0.05, 0) is 106 Å². The molecule has 4 aliphatic rings. The van der Waals surface area contributed by atoms with E-state index in [2.05, 4.69) is 30.5 Å². The van der Waals surface area contributed by atoms with Crippen molar-refractivity contribution in [3.63, 3.8) is 0 Å². The first-order chi connectivity index (χ1) is 28.0. The summed E-state index contributed by atoms with van der Waals surface area (Å²) in [4.78, 5) is 25.4. The van der Waals surface area contributed by atoms with Gasteiger partial charge in [0.15, 0.2) is 0 Å². The number of carbonyl (C=O) groups is 1. The zero-order valence-electron chi connectivity index (χ0n) is 35.5. The van der Waals surface area contributed by atoms with Crippen LogP contribution in [0, 0.1) is 17.8 Å². The van der Waals surface area contributed by atoms with Crippen LogP contribution >= 0.6 is 0 Å². The Labute approximate surface area is 346 Å². The molecule has 2 N–H and O–H groups in total. The zero-order valence-corrected chi connectivity index (χ0v) is 35.5. The molecule has 0 bridgehead atoms. The predicted molar refractivity (Wildman–Crippen MR) is 226 cm³/mol. The highest BCUT2D eigenvalue weighted by molar-refractivity contribution is 6.03. The quantitative estimate of drug-likeness (QED) is 0.0547. The lowest BCUT2D eigenvalue weighted by atomic mass is 9.55. The number of amides is 1. The Bertz CT molecular complexity index is 1750. The molecule has 11 nitrogen and oxygen atoms in total. The largest absolute Gasteiger partial charge is 0.497 e. The first-order valence-corrected chi connectivity index (χ1v) is 21.6. The number of ether oxygens (including phenoxy) is 4. The summed E-state index contributed by atoms with van der Waals surface area (Å²) in [5.41, 5.74) is 3.18. The lowest BCUT2D eigenvalue weighted by molar-refractivity contribution is -0.257. The number of hydrogen-bond acceptors (Lipinski definition) is 10. The molecule has 6 rings (SSSR count). The third-order valence-corrected chi connectivity index (χ3v) is 11.9. The summed E-state index contributed by atoms with van der Waals surface area (Å²) in [5, 5.41) is 24.8. The number of oxime groups is 1. The average Bonchev–Trinajstić information content (AvgIpc) is 4.04. The average molecular weight is 802 g/mol. The number of rotatable bonds is 22. The van der Waals surface area contributed by atoms with Crippen molar-refractivity contribution in [1.29, 1.82) is 0 Å². The van der Waals surface area contributed by atoms with Crippen LogP contribution in [0.1, 0.15) is 96.1 Å². The van der Waals surface area contributed by atoms with Crippen LogP contribution < -0.4 is 14.2 Å². The van der Waals surface area contributed by atoms with E-state index in [1.165, 1.54) is 0 Å². The first-order valence-electron chi connectivity index (χ1n) is 21.6. The van der Waals surface area contributed by atoms with Crippen molar-refractivity contribution in [3.8, 4) is 17.2 Å². The number of nitrogens with zero attached hydrogens (tertiary/aromatic N) is 3. The van der Waals surface area contributed by atoms with Crippen molar-refractivity contribution < 1.29 is 38.8 Å². The lowest BCUT2D eigenvalue weighted by Gasteiger charge is -2.60. The Morgan fingerprint density at radius 3 is 2.53 bits per heavy atom.